The van der Waals surface area contributed by atoms with Crippen LogP contribution in [0.5, 0.6) is 11.5 Å². The van der Waals surface area contributed by atoms with E-state index >= 15 is 0 Å². The Hall–Kier alpha value is -10.2. The molecular formula is C82H58N4OPtSi-2. The van der Waals surface area contributed by atoms with E-state index in [1.807, 2.05) is 77.4 Å². The number of para-hydroxylation sites is 2. The van der Waals surface area contributed by atoms with Gasteiger partial charge in [-0.1, -0.05) is 262 Å². The molecule has 89 heavy (non-hydrogen) atoms. The van der Waals surface area contributed by atoms with Crippen molar-refractivity contribution in [1.82, 2.24) is 14.1 Å². The van der Waals surface area contributed by atoms with E-state index in [9.17, 15) is 24.7 Å². The van der Waals surface area contributed by atoms with Crippen LogP contribution in [0.25, 0.3) is 106 Å². The van der Waals surface area contributed by atoms with Gasteiger partial charge in [-0.2, -0.15) is 18.2 Å². The Morgan fingerprint density at radius 3 is 1.71 bits per heavy atom. The topological polar surface area (TPSA) is 35.9 Å². The van der Waals surface area contributed by atoms with Crippen LogP contribution in [0.2, 0.25) is 0 Å². The van der Waals surface area contributed by atoms with E-state index in [2.05, 4.69) is 39.2 Å². The van der Waals surface area contributed by atoms with Gasteiger partial charge in [-0.3, -0.25) is 4.57 Å². The van der Waals surface area contributed by atoms with Gasteiger partial charge < -0.3 is 13.9 Å². The normalized spacial score (nSPS) is 15.7. The Labute approximate surface area is 568 Å². The molecule has 0 N–H and O–H groups in total. The molecule has 1 aliphatic heterocycles. The molecule has 0 unspecified atom stereocenters. The second-order valence-corrected chi connectivity index (χ2v) is 25.5. The Bertz CT molecular complexity index is 6410. The number of pyridine rings is 1. The predicted octanol–water partition coefficient (Wildman–Crippen LogP) is 16.9. The summed E-state index contributed by atoms with van der Waals surface area (Å²) in [5, 5.41) is -2.20. The summed E-state index contributed by atoms with van der Waals surface area (Å²) >= 11 is 0. The predicted molar refractivity (Wildman–Crippen MR) is 363 cm³/mol. The molecule has 16 rings (SSSR count). The second kappa shape index (κ2) is 22.5. The Morgan fingerprint density at radius 1 is 0.472 bits per heavy atom. The third-order valence-electron chi connectivity index (χ3n) is 16.0. The van der Waals surface area contributed by atoms with Gasteiger partial charge in [0.1, 0.15) is 5.82 Å². The first kappa shape index (κ1) is 34.9. The summed E-state index contributed by atoms with van der Waals surface area (Å²) in [6.07, 6.45) is 5.35. The number of hydrogen-bond acceptors (Lipinski definition) is 2. The first-order valence-corrected chi connectivity index (χ1v) is 30.1. The fourth-order valence-electron chi connectivity index (χ4n) is 12.1. The number of nitrogens with zero attached hydrogens (tertiary/aromatic N) is 4. The van der Waals surface area contributed by atoms with Crippen LogP contribution in [0.4, 0.5) is 0 Å². The summed E-state index contributed by atoms with van der Waals surface area (Å²) in [5.74, 6) is 1.08. The molecule has 0 radical (unpaired) electrons. The largest absolute Gasteiger partial charge is 0.510 e. The maximum Gasteiger partial charge on any atom is 0.268 e. The average molecular weight is 1360 g/mol. The van der Waals surface area contributed by atoms with Crippen molar-refractivity contribution >= 4 is 61.7 Å². The number of aromatic nitrogens is 4. The number of fused-ring (bicyclic) bond motifs is 10. The van der Waals surface area contributed by atoms with Crippen molar-refractivity contribution in [2.75, 3.05) is 0 Å². The summed E-state index contributed by atoms with van der Waals surface area (Å²) in [6, 6.07) is 26.6. The van der Waals surface area contributed by atoms with E-state index in [1.54, 1.807) is 82.1 Å². The Balaban J connectivity index is 0.0000101. The van der Waals surface area contributed by atoms with E-state index in [1.165, 1.54) is 6.07 Å². The van der Waals surface area contributed by atoms with Gasteiger partial charge in [-0.25, -0.2) is 4.98 Å². The van der Waals surface area contributed by atoms with E-state index in [0.717, 1.165) is 21.9 Å². The van der Waals surface area contributed by atoms with Crippen LogP contribution < -0.4 is 30.1 Å². The van der Waals surface area contributed by atoms with Gasteiger partial charge >= 0.3 is 0 Å². The van der Waals surface area contributed by atoms with Gasteiger partial charge in [-0.05, 0) is 123 Å². The zero-order valence-corrected chi connectivity index (χ0v) is 50.7. The minimum Gasteiger partial charge on any atom is -0.510 e. The van der Waals surface area contributed by atoms with Gasteiger partial charge in [0.2, 0.25) is 0 Å². The van der Waals surface area contributed by atoms with Crippen molar-refractivity contribution in [1.29, 1.82) is 0 Å². The van der Waals surface area contributed by atoms with Crippen LogP contribution >= 0.6 is 0 Å². The van der Waals surface area contributed by atoms with Crippen molar-refractivity contribution < 1.29 is 63.3 Å². The fraction of sp³-hybridized carbons (Fsp3) is 0.0488. The molecule has 0 bridgehead atoms. The molecule has 7 heteroatoms. The van der Waals surface area contributed by atoms with Gasteiger partial charge in [0.05, 0.1) is 49.6 Å². The number of rotatable bonds is 10. The van der Waals surface area contributed by atoms with Crippen LogP contribution in [-0.2, 0) is 26.5 Å². The monoisotopic (exact) mass is 1360 g/mol. The summed E-state index contributed by atoms with van der Waals surface area (Å²) in [7, 11) is -6.37. The van der Waals surface area contributed by atoms with E-state index in [0.29, 0.717) is 44.7 Å². The van der Waals surface area contributed by atoms with Crippen LogP contribution in [0.3, 0.4) is 0 Å². The molecule has 0 saturated heterocycles. The second-order valence-electron chi connectivity index (χ2n) is 22.0. The first-order chi connectivity index (χ1) is 53.2. The van der Waals surface area contributed by atoms with E-state index < -0.39 is 179 Å². The van der Waals surface area contributed by atoms with Gasteiger partial charge in [0.25, 0.3) is 6.33 Å². The third kappa shape index (κ3) is 9.41. The van der Waals surface area contributed by atoms with Crippen molar-refractivity contribution in [3.8, 4) is 84.3 Å². The maximum atomic E-state index is 11.1. The smallest absolute Gasteiger partial charge is 0.268 e. The zero-order chi connectivity index (χ0) is 79.8. The molecule has 0 aliphatic carbocycles. The minimum absolute atomic E-state index is 0. The summed E-state index contributed by atoms with van der Waals surface area (Å²) in [6.45, 7) is 6.36. The number of imidazole rings is 1. The molecule has 0 fully saturated rings. The van der Waals surface area contributed by atoms with E-state index in [4.69, 9.17) is 17.9 Å². The van der Waals surface area contributed by atoms with Crippen molar-refractivity contribution in [3.63, 3.8) is 0 Å². The molecule has 428 valence electrons. The Kier molecular flexibility index (Phi) is 8.83. The Morgan fingerprint density at radius 2 is 1.03 bits per heavy atom. The summed E-state index contributed by atoms with van der Waals surface area (Å²) in [5.41, 5.74) is 5.16. The molecule has 0 spiro atoms. The standard InChI is InChI=1S/C82H58N4OSi.Pt/c1-82(2,3)59-47-48-83-79(52-59)86-76-44-21-20-41-72(76)73-46-45-62(54-77(73)86)87-61-29-23-28-60(53-61)84-55-85-80-67(57-27-22-36-66(49-57)88(63-30-10-5-11-31-63,64-32-12-6-13-33-64)65-34-14-7-15-35-65)42-24-43-74(80)70-39-18-16-37-68(70)69-38-17-19-40-71(69)75-50-58(51-78(84)81(75)85)56-25-8-4-9-26-56;/h4-52H,1-3H3;/q-2;/i4D,5D,6D,7D,8D,9D,10D,11D,12D,13D,14D,15D,22D,25D,26D,27D,30D,31D,32D,33D,34D,35D,36D,49D;. The van der Waals surface area contributed by atoms with Crippen LogP contribution in [0, 0.1) is 18.5 Å². The molecule has 12 aromatic carbocycles. The van der Waals surface area contributed by atoms with Crippen LogP contribution in [-0.4, -0.2) is 22.2 Å². The molecule has 5 nitrogen and oxygen atoms in total. The first-order valence-electron chi connectivity index (χ1n) is 40.1. The van der Waals surface area contributed by atoms with Crippen molar-refractivity contribution in [2.24, 2.45) is 0 Å². The molecule has 4 heterocycles. The van der Waals surface area contributed by atoms with E-state index in [-0.39, 0.29) is 77.1 Å². The summed E-state index contributed by atoms with van der Waals surface area (Å²) in [4.78, 5) is 4.85. The molecule has 0 atom stereocenters. The molecule has 15 aromatic rings. The average Bonchev–Trinajstić information content (AvgIpc) is 1.30. The van der Waals surface area contributed by atoms with Gasteiger partial charge in [0.15, 0.2) is 8.07 Å². The number of ether oxygens (including phenoxy) is 1. The van der Waals surface area contributed by atoms with Crippen LogP contribution in [0.15, 0.2) is 297 Å². The maximum absolute atomic E-state index is 11.1. The van der Waals surface area contributed by atoms with Crippen LogP contribution in [0.1, 0.15) is 59.2 Å². The number of benzene rings is 12. The molecule has 0 saturated carbocycles. The van der Waals surface area contributed by atoms with Gasteiger partial charge in [0, 0.05) is 44.3 Å². The van der Waals surface area contributed by atoms with Crippen molar-refractivity contribution in [3.05, 3.63) is 321 Å². The summed E-state index contributed by atoms with van der Waals surface area (Å²) < 4.78 is 240. The molecule has 0 amide bonds. The van der Waals surface area contributed by atoms with Crippen molar-refractivity contribution in [2.45, 2.75) is 26.2 Å². The molecular weight excluding hydrogens is 1280 g/mol. The zero-order valence-electron chi connectivity index (χ0n) is 71.4. The molecule has 3 aromatic heterocycles. The SMILES string of the molecule is [2H]c1c([2H])c([2H])c(-c2cc3c4c(c2)n(-c2[c-]c(Oc5[c-]c6c(cc5)c5ccccc5n6-c5cc(C(C)(C)C)ccn5)ccc2)[c-][n+]4-c2c(cccc2-c2c([2H])c([2H])c([2H])c([Si](c4c([2H])c([2H])c([2H])c([2H])c4[2H])(c4c([2H])c([2H])c([2H])c([2H])c4[2H])c4c([2H])c([2H])c([2H])c([2H])c4[2H])c2[2H])-c2ccccc2-c2ccccc2-3)c([2H])c1[2H].[Pt]. The van der Waals surface area contributed by atoms with Gasteiger partial charge in [-0.15, -0.1) is 29.7 Å². The molecule has 1 aliphatic rings. The minimum atomic E-state index is -6.37. The third-order valence-corrected chi connectivity index (χ3v) is 20.0. The fourth-order valence-corrected chi connectivity index (χ4v) is 15.6. The quantitative estimate of drug-likeness (QED) is 0.0592. The number of hydrogen-bond donors (Lipinski definition) is 0.